The van der Waals surface area contributed by atoms with Crippen molar-refractivity contribution in [1.82, 2.24) is 5.32 Å². The molecule has 2 aromatic rings. The maximum Gasteiger partial charge on any atom is 0.348 e. The number of aromatic hydroxyl groups is 1. The number of rotatable bonds is 7. The van der Waals surface area contributed by atoms with E-state index in [4.69, 9.17) is 39.5 Å². The number of amides is 1. The minimum Gasteiger partial charge on any atom is -0.508 e. The average molecular weight is 473 g/mol. The summed E-state index contributed by atoms with van der Waals surface area (Å²) in [7, 11) is 0. The highest BCUT2D eigenvalue weighted by Gasteiger charge is 2.46. The van der Waals surface area contributed by atoms with Gasteiger partial charge in [-0.15, -0.1) is 11.6 Å². The molecule has 0 radical (unpaired) electrons. The van der Waals surface area contributed by atoms with E-state index in [-0.39, 0.29) is 47.0 Å². The molecule has 3 N–H and O–H groups in total. The Bertz CT molecular complexity index is 1010. The Morgan fingerprint density at radius 3 is 2.57 bits per heavy atom. The van der Waals surface area contributed by atoms with Crippen LogP contribution in [0.4, 0.5) is 0 Å². The molecule has 3 rings (SSSR count). The third-order valence-corrected chi connectivity index (χ3v) is 6.32. The first kappa shape index (κ1) is 22.5. The van der Waals surface area contributed by atoms with Crippen LogP contribution in [-0.4, -0.2) is 33.6 Å². The predicted molar refractivity (Wildman–Crippen MR) is 115 cm³/mol. The molecule has 1 unspecified atom stereocenters. The van der Waals surface area contributed by atoms with Gasteiger partial charge in [0.2, 0.25) is 11.5 Å². The van der Waals surface area contributed by atoms with E-state index in [1.807, 2.05) is 6.07 Å². The largest absolute Gasteiger partial charge is 0.508 e. The van der Waals surface area contributed by atoms with Crippen LogP contribution in [0.15, 0.2) is 24.3 Å². The summed E-state index contributed by atoms with van der Waals surface area (Å²) in [5, 5.41) is 22.7. The first-order chi connectivity index (χ1) is 14.2. The molecule has 0 bridgehead atoms. The number of ether oxygens (including phenoxy) is 1. The first-order valence-corrected chi connectivity index (χ1v) is 10.6. The van der Waals surface area contributed by atoms with Crippen molar-refractivity contribution in [2.75, 3.05) is 5.88 Å². The molecule has 1 aliphatic rings. The molecule has 0 spiro atoms. The SMILES string of the molecule is CCC1(C(=O)O)Cc2cc(Cc3ccc(O)c(CNC(=O)CCl)c3)c(Cl)c(Cl)c2O1. The normalized spacial score (nSPS) is 17.3. The summed E-state index contributed by atoms with van der Waals surface area (Å²) >= 11 is 18.3. The molecule has 0 saturated carbocycles. The minimum absolute atomic E-state index is 0.0503. The fraction of sp³-hybridized carbons (Fsp3) is 0.333. The lowest BCUT2D eigenvalue weighted by molar-refractivity contribution is -0.154. The highest BCUT2D eigenvalue weighted by molar-refractivity contribution is 6.43. The maximum absolute atomic E-state index is 11.7. The second-order valence-electron chi connectivity index (χ2n) is 7.13. The van der Waals surface area contributed by atoms with Crippen LogP contribution in [0.1, 0.15) is 35.6 Å². The van der Waals surface area contributed by atoms with Gasteiger partial charge in [-0.3, -0.25) is 4.79 Å². The number of halogens is 3. The number of nitrogens with one attached hydrogen (secondary N) is 1. The van der Waals surface area contributed by atoms with E-state index >= 15 is 0 Å². The van der Waals surface area contributed by atoms with Gasteiger partial charge in [-0.05, 0) is 36.1 Å². The van der Waals surface area contributed by atoms with E-state index < -0.39 is 11.6 Å². The first-order valence-electron chi connectivity index (χ1n) is 9.26. The van der Waals surface area contributed by atoms with Crippen LogP contribution >= 0.6 is 34.8 Å². The summed E-state index contributed by atoms with van der Waals surface area (Å²) < 4.78 is 5.72. The van der Waals surface area contributed by atoms with Gasteiger partial charge in [0.1, 0.15) is 22.4 Å². The van der Waals surface area contributed by atoms with Crippen molar-refractivity contribution in [3.8, 4) is 11.5 Å². The van der Waals surface area contributed by atoms with Crippen molar-refractivity contribution >= 4 is 46.7 Å². The highest BCUT2D eigenvalue weighted by Crippen LogP contribution is 2.46. The number of hydrogen-bond acceptors (Lipinski definition) is 4. The van der Waals surface area contributed by atoms with E-state index in [0.29, 0.717) is 28.9 Å². The fourth-order valence-corrected chi connectivity index (χ4v) is 4.03. The summed E-state index contributed by atoms with van der Waals surface area (Å²) in [4.78, 5) is 23.1. The number of carbonyl (C=O) groups is 2. The van der Waals surface area contributed by atoms with Gasteiger partial charge in [0, 0.05) is 24.1 Å². The van der Waals surface area contributed by atoms with Gasteiger partial charge < -0.3 is 20.3 Å². The summed E-state index contributed by atoms with van der Waals surface area (Å²) in [6, 6.07) is 6.84. The van der Waals surface area contributed by atoms with E-state index in [1.165, 1.54) is 6.07 Å². The quantitative estimate of drug-likeness (QED) is 0.522. The second-order valence-corrected chi connectivity index (χ2v) is 8.16. The van der Waals surface area contributed by atoms with Crippen LogP contribution in [0.25, 0.3) is 0 Å². The molecule has 0 fully saturated rings. The smallest absolute Gasteiger partial charge is 0.348 e. The Balaban J connectivity index is 1.89. The van der Waals surface area contributed by atoms with Gasteiger partial charge in [0.25, 0.3) is 0 Å². The number of phenols is 1. The van der Waals surface area contributed by atoms with Crippen LogP contribution in [0.3, 0.4) is 0 Å². The summed E-state index contributed by atoms with van der Waals surface area (Å²) in [6.45, 7) is 1.88. The lowest BCUT2D eigenvalue weighted by atomic mass is 9.93. The molecule has 160 valence electrons. The summed E-state index contributed by atoms with van der Waals surface area (Å²) in [5.74, 6) is -1.19. The number of fused-ring (bicyclic) bond motifs is 1. The molecular formula is C21H20Cl3NO5. The van der Waals surface area contributed by atoms with Crippen molar-refractivity contribution in [1.29, 1.82) is 0 Å². The van der Waals surface area contributed by atoms with Crippen molar-refractivity contribution < 1.29 is 24.5 Å². The Labute approximate surface area is 188 Å². The van der Waals surface area contributed by atoms with Crippen LogP contribution < -0.4 is 10.1 Å². The van der Waals surface area contributed by atoms with Crippen LogP contribution in [0, 0.1) is 0 Å². The molecule has 1 amide bonds. The summed E-state index contributed by atoms with van der Waals surface area (Å²) in [6.07, 6.45) is 0.883. The van der Waals surface area contributed by atoms with Gasteiger partial charge in [-0.1, -0.05) is 42.3 Å². The van der Waals surface area contributed by atoms with Crippen LogP contribution in [0.2, 0.25) is 10.0 Å². The van der Waals surface area contributed by atoms with Crippen molar-refractivity contribution in [3.63, 3.8) is 0 Å². The zero-order valence-electron chi connectivity index (χ0n) is 16.1. The molecule has 1 aliphatic heterocycles. The van der Waals surface area contributed by atoms with Crippen LogP contribution in [-0.2, 0) is 29.0 Å². The second kappa shape index (κ2) is 8.92. The molecule has 1 atom stereocenters. The van der Waals surface area contributed by atoms with E-state index in [2.05, 4.69) is 5.32 Å². The number of alkyl halides is 1. The maximum atomic E-state index is 11.7. The van der Waals surface area contributed by atoms with Crippen molar-refractivity contribution in [2.24, 2.45) is 0 Å². The average Bonchev–Trinajstić information content (AvgIpc) is 3.12. The molecule has 6 nitrogen and oxygen atoms in total. The zero-order chi connectivity index (χ0) is 22.1. The number of aliphatic carboxylic acids is 1. The lowest BCUT2D eigenvalue weighted by Crippen LogP contribution is -2.42. The lowest BCUT2D eigenvalue weighted by Gasteiger charge is -2.22. The molecule has 1 heterocycles. The minimum atomic E-state index is -1.35. The Morgan fingerprint density at radius 2 is 1.93 bits per heavy atom. The zero-order valence-corrected chi connectivity index (χ0v) is 18.4. The topological polar surface area (TPSA) is 95.9 Å². The Kier molecular flexibility index (Phi) is 6.70. The Morgan fingerprint density at radius 1 is 1.20 bits per heavy atom. The number of phenolic OH excluding ortho intramolecular Hbond substituents is 1. The number of benzene rings is 2. The van der Waals surface area contributed by atoms with Crippen molar-refractivity contribution in [3.05, 3.63) is 56.6 Å². The molecule has 0 saturated heterocycles. The van der Waals surface area contributed by atoms with E-state index in [0.717, 1.165) is 5.56 Å². The fourth-order valence-electron chi connectivity index (χ4n) is 3.45. The molecule has 30 heavy (non-hydrogen) atoms. The van der Waals surface area contributed by atoms with E-state index in [9.17, 15) is 19.8 Å². The number of carboxylic acid groups (broad SMARTS) is 1. The van der Waals surface area contributed by atoms with Gasteiger partial charge in [-0.25, -0.2) is 4.79 Å². The van der Waals surface area contributed by atoms with Gasteiger partial charge >= 0.3 is 5.97 Å². The Hall–Kier alpha value is -2.15. The molecule has 2 aromatic carbocycles. The van der Waals surface area contributed by atoms with Gasteiger partial charge in [0.15, 0.2) is 0 Å². The third kappa shape index (κ3) is 4.31. The van der Waals surface area contributed by atoms with E-state index in [1.54, 1.807) is 19.1 Å². The van der Waals surface area contributed by atoms with Crippen molar-refractivity contribution in [2.45, 2.75) is 38.3 Å². The molecule has 9 heteroatoms. The van der Waals surface area contributed by atoms with Crippen LogP contribution in [0.5, 0.6) is 11.5 Å². The predicted octanol–water partition coefficient (Wildman–Crippen LogP) is 4.31. The third-order valence-electron chi connectivity index (χ3n) is 5.18. The molecular weight excluding hydrogens is 453 g/mol. The monoisotopic (exact) mass is 471 g/mol. The molecule has 0 aromatic heterocycles. The number of carboxylic acids is 1. The standard InChI is InChI=1S/C21H20Cl3NO5/c1-2-21(20(28)29)8-13-7-12(17(23)18(24)19(13)30-21)5-11-3-4-15(26)14(6-11)10-25-16(27)9-22/h3-4,6-7,26H,2,5,8-10H2,1H3,(H,25,27)(H,28,29). The highest BCUT2D eigenvalue weighted by atomic mass is 35.5. The summed E-state index contributed by atoms with van der Waals surface area (Å²) in [5.41, 5.74) is 1.42. The number of carbonyl (C=O) groups excluding carboxylic acids is 1. The molecule has 0 aliphatic carbocycles. The van der Waals surface area contributed by atoms with Gasteiger partial charge in [-0.2, -0.15) is 0 Å². The van der Waals surface area contributed by atoms with Gasteiger partial charge in [0.05, 0.1) is 5.02 Å². The number of hydrogen-bond donors (Lipinski definition) is 3.